The van der Waals surface area contributed by atoms with E-state index in [1.165, 1.54) is 22.3 Å². The molecule has 0 aliphatic carbocycles. The molecule has 0 amide bonds. The summed E-state index contributed by atoms with van der Waals surface area (Å²) >= 11 is 0. The summed E-state index contributed by atoms with van der Waals surface area (Å²) in [5.74, 6) is 1.14. The third-order valence-electron chi connectivity index (χ3n) is 4.12. The van der Waals surface area contributed by atoms with Crippen LogP contribution in [-0.4, -0.2) is 15.2 Å². The van der Waals surface area contributed by atoms with Crippen LogP contribution in [0.4, 0.5) is 23.1 Å². The van der Waals surface area contributed by atoms with Crippen molar-refractivity contribution in [3.8, 4) is 0 Å². The number of rotatable bonds is 4. The van der Waals surface area contributed by atoms with Crippen molar-refractivity contribution in [2.75, 3.05) is 10.6 Å². The van der Waals surface area contributed by atoms with Crippen molar-refractivity contribution in [1.29, 1.82) is 0 Å². The first-order valence-electron chi connectivity index (χ1n) is 8.31. The van der Waals surface area contributed by atoms with E-state index in [0.29, 0.717) is 11.8 Å². The fraction of sp³-hybridized carbons (Fsp3) is 0.250. The Kier molecular flexibility index (Phi) is 4.65. The van der Waals surface area contributed by atoms with E-state index in [1.807, 2.05) is 6.07 Å². The van der Waals surface area contributed by atoms with Gasteiger partial charge in [0.15, 0.2) is 5.82 Å². The summed E-state index contributed by atoms with van der Waals surface area (Å²) in [7, 11) is 0. The smallest absolute Gasteiger partial charge is 0.249 e. The predicted octanol–water partition coefficient (Wildman–Crippen LogP) is 4.90. The van der Waals surface area contributed by atoms with Gasteiger partial charge in [-0.05, 0) is 57.4 Å². The molecule has 0 radical (unpaired) electrons. The lowest BCUT2D eigenvalue weighted by Gasteiger charge is -2.14. The third kappa shape index (κ3) is 3.94. The largest absolute Gasteiger partial charge is 0.338 e. The topological polar surface area (TPSA) is 62.7 Å². The highest BCUT2D eigenvalue weighted by Gasteiger charge is 2.08. The molecule has 2 aromatic carbocycles. The van der Waals surface area contributed by atoms with Crippen LogP contribution in [0.15, 0.2) is 36.5 Å². The van der Waals surface area contributed by atoms with Crippen LogP contribution in [-0.2, 0) is 0 Å². The number of nitrogens with zero attached hydrogens (tertiary/aromatic N) is 3. The van der Waals surface area contributed by atoms with Crippen LogP contribution in [0.2, 0.25) is 0 Å². The number of anilines is 4. The van der Waals surface area contributed by atoms with Gasteiger partial charge < -0.3 is 10.6 Å². The number of aromatic nitrogens is 3. The van der Waals surface area contributed by atoms with Crippen LogP contribution in [0.3, 0.4) is 0 Å². The Bertz CT molecular complexity index is 895. The second kappa shape index (κ2) is 6.89. The Balaban J connectivity index is 1.85. The van der Waals surface area contributed by atoms with Crippen LogP contribution in [0, 0.1) is 34.6 Å². The first kappa shape index (κ1) is 16.9. The minimum Gasteiger partial charge on any atom is -0.338 e. The summed E-state index contributed by atoms with van der Waals surface area (Å²) in [6.45, 7) is 10.4. The van der Waals surface area contributed by atoms with Gasteiger partial charge in [-0.1, -0.05) is 35.4 Å². The first-order chi connectivity index (χ1) is 11.9. The fourth-order valence-electron chi connectivity index (χ4n) is 3.00. The van der Waals surface area contributed by atoms with E-state index >= 15 is 0 Å². The van der Waals surface area contributed by atoms with E-state index < -0.39 is 0 Å². The maximum Gasteiger partial charge on any atom is 0.249 e. The molecule has 2 N–H and O–H groups in total. The molecule has 0 saturated carbocycles. The molecule has 0 fully saturated rings. The molecule has 0 spiro atoms. The zero-order valence-electron chi connectivity index (χ0n) is 15.3. The van der Waals surface area contributed by atoms with E-state index in [2.05, 4.69) is 84.7 Å². The van der Waals surface area contributed by atoms with Crippen molar-refractivity contribution in [3.05, 3.63) is 64.3 Å². The van der Waals surface area contributed by atoms with Gasteiger partial charge in [-0.25, -0.2) is 0 Å². The van der Waals surface area contributed by atoms with Gasteiger partial charge in [0, 0.05) is 11.4 Å². The van der Waals surface area contributed by atoms with E-state index in [0.717, 1.165) is 16.9 Å². The Labute approximate surface area is 148 Å². The quantitative estimate of drug-likeness (QED) is 0.711. The molecular formula is C20H23N5. The molecule has 128 valence electrons. The van der Waals surface area contributed by atoms with Crippen LogP contribution in [0.25, 0.3) is 0 Å². The fourth-order valence-corrected chi connectivity index (χ4v) is 3.00. The van der Waals surface area contributed by atoms with Crippen molar-refractivity contribution in [3.63, 3.8) is 0 Å². The second-order valence-corrected chi connectivity index (χ2v) is 6.51. The van der Waals surface area contributed by atoms with Gasteiger partial charge in [-0.2, -0.15) is 10.1 Å². The summed E-state index contributed by atoms with van der Waals surface area (Å²) in [5, 5.41) is 14.8. The summed E-state index contributed by atoms with van der Waals surface area (Å²) in [6.07, 6.45) is 1.63. The monoisotopic (exact) mass is 333 g/mol. The van der Waals surface area contributed by atoms with Crippen molar-refractivity contribution in [2.24, 2.45) is 0 Å². The van der Waals surface area contributed by atoms with Gasteiger partial charge in [0.25, 0.3) is 0 Å². The van der Waals surface area contributed by atoms with E-state index in [9.17, 15) is 0 Å². The molecule has 0 atom stereocenters. The van der Waals surface area contributed by atoms with Gasteiger partial charge in [0.05, 0.1) is 6.20 Å². The number of aryl methyl sites for hydroxylation is 5. The van der Waals surface area contributed by atoms with Crippen LogP contribution in [0.1, 0.15) is 27.8 Å². The normalized spacial score (nSPS) is 10.6. The highest BCUT2D eigenvalue weighted by atomic mass is 15.3. The average molecular weight is 333 g/mol. The summed E-state index contributed by atoms with van der Waals surface area (Å²) in [6, 6.07) is 10.5. The van der Waals surface area contributed by atoms with Gasteiger partial charge in [0.2, 0.25) is 5.95 Å². The van der Waals surface area contributed by atoms with Crippen molar-refractivity contribution >= 4 is 23.1 Å². The standard InChI is InChI=1S/C20H23N5/c1-12-6-7-17(14(3)8-12)22-20-24-18(11-21-25-20)23-19-15(4)9-13(2)10-16(19)5/h6-11H,1-5H3,(H2,22,23,24,25). The summed E-state index contributed by atoms with van der Waals surface area (Å²) in [5.41, 5.74) is 8.02. The SMILES string of the molecule is Cc1ccc(Nc2nncc(Nc3c(C)cc(C)cc3C)n2)c(C)c1. The van der Waals surface area contributed by atoms with E-state index in [1.54, 1.807) is 6.20 Å². The Morgan fingerprint density at radius 3 is 2.12 bits per heavy atom. The Morgan fingerprint density at radius 1 is 0.760 bits per heavy atom. The van der Waals surface area contributed by atoms with Crippen LogP contribution < -0.4 is 10.6 Å². The van der Waals surface area contributed by atoms with E-state index in [-0.39, 0.29) is 0 Å². The number of nitrogens with one attached hydrogen (secondary N) is 2. The Hall–Kier alpha value is -2.95. The highest BCUT2D eigenvalue weighted by molar-refractivity contribution is 5.66. The first-order valence-corrected chi connectivity index (χ1v) is 8.31. The lowest BCUT2D eigenvalue weighted by Crippen LogP contribution is -2.04. The summed E-state index contributed by atoms with van der Waals surface area (Å²) < 4.78 is 0. The number of hydrogen-bond donors (Lipinski definition) is 2. The molecule has 5 heteroatoms. The van der Waals surface area contributed by atoms with Crippen LogP contribution in [0.5, 0.6) is 0 Å². The predicted molar refractivity (Wildman–Crippen MR) is 103 cm³/mol. The summed E-state index contributed by atoms with van der Waals surface area (Å²) in [4.78, 5) is 4.54. The zero-order chi connectivity index (χ0) is 18.0. The Morgan fingerprint density at radius 2 is 1.44 bits per heavy atom. The maximum absolute atomic E-state index is 4.54. The van der Waals surface area contributed by atoms with Crippen molar-refractivity contribution in [1.82, 2.24) is 15.2 Å². The number of hydrogen-bond acceptors (Lipinski definition) is 5. The second-order valence-electron chi connectivity index (χ2n) is 6.51. The number of benzene rings is 2. The molecule has 0 saturated heterocycles. The molecule has 3 rings (SSSR count). The van der Waals surface area contributed by atoms with Gasteiger partial charge in [0.1, 0.15) is 0 Å². The molecule has 1 heterocycles. The molecule has 0 aliphatic heterocycles. The molecule has 1 aromatic heterocycles. The average Bonchev–Trinajstić information content (AvgIpc) is 2.54. The molecule has 0 aliphatic rings. The molecule has 0 unspecified atom stereocenters. The minimum atomic E-state index is 0.472. The molecule has 5 nitrogen and oxygen atoms in total. The molecule has 0 bridgehead atoms. The van der Waals surface area contributed by atoms with Crippen LogP contribution >= 0.6 is 0 Å². The lowest BCUT2D eigenvalue weighted by molar-refractivity contribution is 0.981. The maximum atomic E-state index is 4.54. The third-order valence-corrected chi connectivity index (χ3v) is 4.12. The van der Waals surface area contributed by atoms with Gasteiger partial charge in [-0.3, -0.25) is 0 Å². The zero-order valence-corrected chi connectivity index (χ0v) is 15.3. The minimum absolute atomic E-state index is 0.472. The lowest BCUT2D eigenvalue weighted by atomic mass is 10.1. The molecule has 25 heavy (non-hydrogen) atoms. The molecular weight excluding hydrogens is 310 g/mol. The highest BCUT2D eigenvalue weighted by Crippen LogP contribution is 2.25. The van der Waals surface area contributed by atoms with Gasteiger partial charge in [-0.15, -0.1) is 5.10 Å². The van der Waals surface area contributed by atoms with E-state index in [4.69, 9.17) is 0 Å². The van der Waals surface area contributed by atoms with Crippen molar-refractivity contribution in [2.45, 2.75) is 34.6 Å². The molecule has 3 aromatic rings. The van der Waals surface area contributed by atoms with Gasteiger partial charge >= 0.3 is 0 Å². The van der Waals surface area contributed by atoms with Crippen molar-refractivity contribution < 1.29 is 0 Å².